The zero-order valence-electron chi connectivity index (χ0n) is 25.3. The smallest absolute Gasteiger partial charge is 0.245 e. The molecule has 1 spiro atoms. The van der Waals surface area contributed by atoms with Crippen molar-refractivity contribution < 1.29 is 14.3 Å². The van der Waals surface area contributed by atoms with Crippen LogP contribution in [0.15, 0.2) is 25.0 Å². The Morgan fingerprint density at radius 2 is 2.02 bits per heavy atom. The Hall–Kier alpha value is -2.99. The predicted molar refractivity (Wildman–Crippen MR) is 165 cm³/mol. The van der Waals surface area contributed by atoms with Gasteiger partial charge in [0.1, 0.15) is 0 Å². The van der Waals surface area contributed by atoms with E-state index < -0.39 is 0 Å². The van der Waals surface area contributed by atoms with Crippen molar-refractivity contribution in [2.24, 2.45) is 5.41 Å². The van der Waals surface area contributed by atoms with Crippen LogP contribution in [0, 0.1) is 12.3 Å². The molecule has 0 radical (unpaired) electrons. The lowest BCUT2D eigenvalue weighted by Crippen LogP contribution is -2.63. The number of carbonyl (C=O) groups excluding carboxylic acids is 1. The van der Waals surface area contributed by atoms with Crippen LogP contribution < -0.4 is 4.90 Å². The number of amides is 1. The average Bonchev–Trinajstić information content (AvgIpc) is 3.57. The molecule has 43 heavy (non-hydrogen) atoms. The minimum absolute atomic E-state index is 0.0194. The van der Waals surface area contributed by atoms with Gasteiger partial charge in [0.2, 0.25) is 5.91 Å². The Kier molecular flexibility index (Phi) is 7.27. The molecule has 6 heterocycles. The van der Waals surface area contributed by atoms with E-state index in [1.54, 1.807) is 6.20 Å². The van der Waals surface area contributed by atoms with Crippen molar-refractivity contribution in [2.45, 2.75) is 57.7 Å². The molecule has 0 aromatic carbocycles. The lowest BCUT2D eigenvalue weighted by atomic mass is 9.60. The van der Waals surface area contributed by atoms with Gasteiger partial charge in [-0.15, -0.1) is 0 Å². The summed E-state index contributed by atoms with van der Waals surface area (Å²) in [7, 11) is 0. The second-order valence-corrected chi connectivity index (χ2v) is 13.5. The molecule has 1 N–H and O–H groups in total. The van der Waals surface area contributed by atoms with Crippen LogP contribution in [0.5, 0.6) is 0 Å². The van der Waals surface area contributed by atoms with Crippen LogP contribution >= 0.6 is 11.6 Å². The molecule has 0 unspecified atom stereocenters. The van der Waals surface area contributed by atoms with Crippen molar-refractivity contribution in [2.75, 3.05) is 64.0 Å². The first-order chi connectivity index (χ1) is 20.7. The van der Waals surface area contributed by atoms with Crippen LogP contribution in [-0.2, 0) is 14.3 Å². The number of pyridine rings is 1. The first-order valence-electron chi connectivity index (χ1n) is 15.4. The van der Waals surface area contributed by atoms with Crippen molar-refractivity contribution >= 4 is 34.4 Å². The van der Waals surface area contributed by atoms with Gasteiger partial charge in [-0.05, 0) is 39.2 Å². The summed E-state index contributed by atoms with van der Waals surface area (Å²) < 4.78 is 13.9. The van der Waals surface area contributed by atoms with Gasteiger partial charge in [-0.2, -0.15) is 10.2 Å². The lowest BCUT2D eigenvalue weighted by Gasteiger charge is -2.58. The highest BCUT2D eigenvalue weighted by atomic mass is 35.5. The maximum Gasteiger partial charge on any atom is 0.245 e. The molecule has 12 heteroatoms. The maximum absolute atomic E-state index is 12.1. The summed E-state index contributed by atoms with van der Waals surface area (Å²) in [5, 5.41) is 14.2. The maximum atomic E-state index is 12.1. The fourth-order valence-corrected chi connectivity index (χ4v) is 8.04. The zero-order chi connectivity index (χ0) is 29.9. The number of rotatable bonds is 7. The molecule has 230 valence electrons. The van der Waals surface area contributed by atoms with Gasteiger partial charge in [0.15, 0.2) is 11.5 Å². The van der Waals surface area contributed by atoms with E-state index in [9.17, 15) is 4.79 Å². The second kappa shape index (κ2) is 10.9. The van der Waals surface area contributed by atoms with Crippen molar-refractivity contribution in [3.8, 4) is 11.1 Å². The normalized spacial score (nSPS) is 26.1. The summed E-state index contributed by atoms with van der Waals surface area (Å²) in [5.41, 5.74) is 3.81. The largest absolute Gasteiger partial charge is 0.376 e. The Morgan fingerprint density at radius 1 is 1.21 bits per heavy atom. The number of hydrogen-bond donors (Lipinski definition) is 1. The number of anilines is 1. The van der Waals surface area contributed by atoms with Crippen molar-refractivity contribution in [3.63, 3.8) is 0 Å². The number of hydrogen-bond acceptors (Lipinski definition) is 8. The Morgan fingerprint density at radius 3 is 2.74 bits per heavy atom. The quantitative estimate of drug-likeness (QED) is 0.404. The number of likely N-dealkylation sites (tertiary alicyclic amines) is 1. The zero-order valence-corrected chi connectivity index (χ0v) is 26.1. The van der Waals surface area contributed by atoms with Gasteiger partial charge < -0.3 is 19.3 Å². The molecule has 1 saturated carbocycles. The Labute approximate surface area is 257 Å². The van der Waals surface area contributed by atoms with E-state index in [2.05, 4.69) is 57.0 Å². The van der Waals surface area contributed by atoms with Gasteiger partial charge in [0.25, 0.3) is 0 Å². The van der Waals surface area contributed by atoms with E-state index in [1.807, 2.05) is 11.1 Å². The molecule has 2 atom stereocenters. The third-order valence-electron chi connectivity index (χ3n) is 10.3. The highest BCUT2D eigenvalue weighted by molar-refractivity contribution is 6.35. The van der Waals surface area contributed by atoms with Gasteiger partial charge in [-0.25, -0.2) is 4.98 Å². The van der Waals surface area contributed by atoms with Gasteiger partial charge in [-0.1, -0.05) is 25.1 Å². The first kappa shape index (κ1) is 28.8. The number of ether oxygens (including phenoxy) is 2. The third-order valence-corrected chi connectivity index (χ3v) is 10.5. The molecule has 0 bridgehead atoms. The molecule has 1 amide bonds. The summed E-state index contributed by atoms with van der Waals surface area (Å²) in [5.74, 6) is 0.985. The number of aromatic amines is 1. The Bertz CT molecular complexity index is 1530. The molecule has 11 nitrogen and oxygen atoms in total. The minimum Gasteiger partial charge on any atom is -0.376 e. The topological polar surface area (TPSA) is 105 Å². The van der Waals surface area contributed by atoms with Gasteiger partial charge >= 0.3 is 0 Å². The lowest BCUT2D eigenvalue weighted by molar-refractivity contribution is -0.149. The van der Waals surface area contributed by atoms with Crippen LogP contribution in [0.25, 0.3) is 22.2 Å². The van der Waals surface area contributed by atoms with Crippen LogP contribution in [0.3, 0.4) is 0 Å². The van der Waals surface area contributed by atoms with E-state index >= 15 is 0 Å². The van der Waals surface area contributed by atoms with E-state index in [1.165, 1.54) is 6.08 Å². The van der Waals surface area contributed by atoms with E-state index in [-0.39, 0.29) is 29.0 Å². The van der Waals surface area contributed by atoms with Crippen LogP contribution in [0.1, 0.15) is 44.8 Å². The number of carbonyl (C=O) groups is 1. The monoisotopic (exact) mass is 608 g/mol. The molecule has 3 aromatic rings. The molecule has 7 rings (SSSR count). The standard InChI is InChI=1S/C31H41ClN8O3/c1-5-25(41)38-18-31(19-38)11-21(12-31)40-20(3)26(27-23-13-34-35-28(23)33-14-24(27)32)29(36-40)39-8-7-37(17-30(39,4)6-2)15-22-16-42-9-10-43-22/h5,13-14,21-22H,1,6-12,15-19H2,2-4H3,(H,33,34,35)/t22-,30+/m1/s1. The van der Waals surface area contributed by atoms with Gasteiger partial charge in [0, 0.05) is 73.1 Å². The number of H-pyrrole nitrogens is 1. The molecule has 3 saturated heterocycles. The van der Waals surface area contributed by atoms with Crippen LogP contribution in [0.4, 0.5) is 5.82 Å². The second-order valence-electron chi connectivity index (χ2n) is 13.1. The molecule has 4 fully saturated rings. The number of aromatic nitrogens is 5. The number of nitrogens with zero attached hydrogens (tertiary/aromatic N) is 7. The van der Waals surface area contributed by atoms with Crippen molar-refractivity contribution in [1.29, 1.82) is 0 Å². The molecule has 1 aliphatic carbocycles. The predicted octanol–water partition coefficient (Wildman–Crippen LogP) is 3.84. The highest BCUT2D eigenvalue weighted by Crippen LogP contribution is 2.55. The fourth-order valence-electron chi connectivity index (χ4n) is 7.80. The average molecular weight is 609 g/mol. The Balaban J connectivity index is 1.23. The summed E-state index contributed by atoms with van der Waals surface area (Å²) >= 11 is 6.95. The van der Waals surface area contributed by atoms with E-state index in [4.69, 9.17) is 26.2 Å². The summed E-state index contributed by atoms with van der Waals surface area (Å²) in [4.78, 5) is 23.5. The highest BCUT2D eigenvalue weighted by Gasteiger charge is 2.55. The first-order valence-corrected chi connectivity index (χ1v) is 15.8. The molecule has 4 aliphatic rings. The summed E-state index contributed by atoms with van der Waals surface area (Å²) in [6.45, 7) is 17.5. The van der Waals surface area contributed by atoms with Gasteiger partial charge in [0.05, 0.1) is 48.7 Å². The third kappa shape index (κ3) is 4.85. The van der Waals surface area contributed by atoms with E-state index in [0.29, 0.717) is 30.5 Å². The molecular weight excluding hydrogens is 568 g/mol. The number of halogens is 1. The molecular formula is C31H41ClN8O3. The van der Waals surface area contributed by atoms with Crippen LogP contribution in [0.2, 0.25) is 5.02 Å². The number of piperazine rings is 1. The van der Waals surface area contributed by atoms with Crippen molar-refractivity contribution in [3.05, 3.63) is 35.8 Å². The fraction of sp³-hybridized carbons (Fsp3) is 0.613. The van der Waals surface area contributed by atoms with Crippen molar-refractivity contribution in [1.82, 2.24) is 34.8 Å². The minimum atomic E-state index is -0.149. The van der Waals surface area contributed by atoms with E-state index in [0.717, 1.165) is 86.6 Å². The molecule has 3 aromatic heterocycles. The van der Waals surface area contributed by atoms with Crippen LogP contribution in [-0.4, -0.2) is 111 Å². The number of fused-ring (bicyclic) bond motifs is 1. The molecule has 3 aliphatic heterocycles. The summed E-state index contributed by atoms with van der Waals surface area (Å²) in [6, 6.07) is 0.270. The SMILES string of the molecule is C=CC(=O)N1CC2(CC(n3nc(N4CCN(C[C@@H]5COCCO5)C[C@]4(C)CC)c(-c4c(Cl)cnc5[nH]ncc45)c3C)C2)C1. The number of nitrogens with one attached hydrogen (secondary N) is 1. The summed E-state index contributed by atoms with van der Waals surface area (Å²) in [6.07, 6.45) is 8.01. The van der Waals surface area contributed by atoms with Gasteiger partial charge in [-0.3, -0.25) is 19.5 Å².